The Labute approximate surface area is 105 Å². The maximum Gasteiger partial charge on any atom is 0.158 e. The van der Waals surface area contributed by atoms with E-state index < -0.39 is 0 Å². The first kappa shape index (κ1) is 11.0. The van der Waals surface area contributed by atoms with Gasteiger partial charge in [0, 0.05) is 19.3 Å². The Morgan fingerprint density at radius 3 is 3.11 bits per heavy atom. The lowest BCUT2D eigenvalue weighted by Gasteiger charge is -1.94. The Morgan fingerprint density at radius 2 is 2.28 bits per heavy atom. The van der Waals surface area contributed by atoms with Gasteiger partial charge in [0.15, 0.2) is 5.82 Å². The van der Waals surface area contributed by atoms with E-state index in [1.807, 2.05) is 16.8 Å². The number of hydrogen-bond acceptors (Lipinski definition) is 3. The van der Waals surface area contributed by atoms with Gasteiger partial charge in [0.05, 0.1) is 17.4 Å². The van der Waals surface area contributed by atoms with E-state index in [4.69, 9.17) is 5.73 Å². The number of nitrogens with two attached hydrogens (primary N) is 1. The van der Waals surface area contributed by atoms with Crippen LogP contribution in [-0.4, -0.2) is 26.1 Å². The van der Waals surface area contributed by atoms with Crippen LogP contribution >= 0.6 is 0 Å². The number of imidazole rings is 2. The molecule has 0 fully saturated rings. The van der Waals surface area contributed by atoms with E-state index >= 15 is 0 Å². The van der Waals surface area contributed by atoms with Gasteiger partial charge in [-0.3, -0.25) is 0 Å². The Bertz CT molecular complexity index is 680. The van der Waals surface area contributed by atoms with Crippen molar-refractivity contribution in [1.29, 1.82) is 0 Å². The molecule has 0 saturated heterocycles. The lowest BCUT2D eigenvalue weighted by atomic mass is 10.2. The summed E-state index contributed by atoms with van der Waals surface area (Å²) in [7, 11) is 0. The Balaban J connectivity index is 2.02. The molecule has 5 heteroatoms. The molecule has 0 aliphatic heterocycles. The van der Waals surface area contributed by atoms with Crippen molar-refractivity contribution < 1.29 is 0 Å². The Morgan fingerprint density at radius 1 is 1.39 bits per heavy atom. The van der Waals surface area contributed by atoms with E-state index in [2.05, 4.69) is 34.0 Å². The minimum atomic E-state index is 0.606. The SMILES string of the molecule is Cc1ccc2nc(-c3cn(CCN)cn3)[nH]c2c1. The first-order valence-electron chi connectivity index (χ1n) is 5.95. The van der Waals surface area contributed by atoms with Gasteiger partial charge in [-0.2, -0.15) is 0 Å². The molecule has 2 heterocycles. The fraction of sp³-hybridized carbons (Fsp3) is 0.231. The summed E-state index contributed by atoms with van der Waals surface area (Å²) in [4.78, 5) is 12.2. The van der Waals surface area contributed by atoms with Gasteiger partial charge in [-0.25, -0.2) is 9.97 Å². The Hall–Kier alpha value is -2.14. The zero-order valence-corrected chi connectivity index (χ0v) is 10.2. The highest BCUT2D eigenvalue weighted by molar-refractivity contribution is 5.79. The number of nitrogens with zero attached hydrogens (tertiary/aromatic N) is 3. The third-order valence-corrected chi connectivity index (χ3v) is 2.90. The molecule has 0 unspecified atom stereocenters. The molecule has 2 aromatic heterocycles. The van der Waals surface area contributed by atoms with E-state index in [0.717, 1.165) is 29.1 Å². The molecule has 0 saturated carbocycles. The average Bonchev–Trinajstić information content (AvgIpc) is 2.94. The van der Waals surface area contributed by atoms with E-state index in [1.54, 1.807) is 6.33 Å². The molecule has 3 N–H and O–H groups in total. The first-order chi connectivity index (χ1) is 8.76. The maximum atomic E-state index is 5.51. The van der Waals surface area contributed by atoms with Crippen molar-refractivity contribution in [3.63, 3.8) is 0 Å². The van der Waals surface area contributed by atoms with E-state index in [0.29, 0.717) is 6.54 Å². The van der Waals surface area contributed by atoms with Crippen LogP contribution in [0.4, 0.5) is 0 Å². The van der Waals surface area contributed by atoms with Gasteiger partial charge in [-0.1, -0.05) is 6.07 Å². The monoisotopic (exact) mass is 241 g/mol. The third kappa shape index (κ3) is 1.89. The van der Waals surface area contributed by atoms with Gasteiger partial charge in [0.25, 0.3) is 0 Å². The highest BCUT2D eigenvalue weighted by Crippen LogP contribution is 2.19. The molecule has 0 spiro atoms. The number of rotatable bonds is 3. The van der Waals surface area contributed by atoms with Crippen LogP contribution < -0.4 is 5.73 Å². The minimum Gasteiger partial charge on any atom is -0.337 e. The quantitative estimate of drug-likeness (QED) is 0.733. The predicted molar refractivity (Wildman–Crippen MR) is 71.1 cm³/mol. The van der Waals surface area contributed by atoms with Crippen molar-refractivity contribution >= 4 is 11.0 Å². The summed E-state index contributed by atoms with van der Waals surface area (Å²) in [6, 6.07) is 6.16. The molecular weight excluding hydrogens is 226 g/mol. The molecule has 18 heavy (non-hydrogen) atoms. The van der Waals surface area contributed by atoms with Crippen LogP contribution in [-0.2, 0) is 6.54 Å². The fourth-order valence-corrected chi connectivity index (χ4v) is 2.00. The number of nitrogens with one attached hydrogen (secondary N) is 1. The van der Waals surface area contributed by atoms with Gasteiger partial charge in [-0.15, -0.1) is 0 Å². The lowest BCUT2D eigenvalue weighted by Crippen LogP contribution is -2.07. The molecule has 3 rings (SSSR count). The summed E-state index contributed by atoms with van der Waals surface area (Å²) in [6.45, 7) is 3.44. The van der Waals surface area contributed by atoms with Gasteiger partial charge in [0.1, 0.15) is 5.69 Å². The molecule has 0 bridgehead atoms. The van der Waals surface area contributed by atoms with Crippen molar-refractivity contribution in [2.45, 2.75) is 13.5 Å². The van der Waals surface area contributed by atoms with E-state index in [1.165, 1.54) is 5.56 Å². The molecule has 0 radical (unpaired) electrons. The molecule has 3 aromatic rings. The van der Waals surface area contributed by atoms with Crippen LogP contribution in [0.1, 0.15) is 5.56 Å². The molecule has 0 amide bonds. The first-order valence-corrected chi connectivity index (χ1v) is 5.95. The molecule has 0 aliphatic rings. The van der Waals surface area contributed by atoms with E-state index in [9.17, 15) is 0 Å². The summed E-state index contributed by atoms with van der Waals surface area (Å²) in [5.41, 5.74) is 9.58. The summed E-state index contributed by atoms with van der Waals surface area (Å²) in [6.07, 6.45) is 3.73. The molecule has 1 aromatic carbocycles. The fourth-order valence-electron chi connectivity index (χ4n) is 2.00. The van der Waals surface area contributed by atoms with Crippen molar-refractivity contribution in [2.24, 2.45) is 5.73 Å². The molecule has 92 valence electrons. The van der Waals surface area contributed by atoms with Gasteiger partial charge in [-0.05, 0) is 24.6 Å². The minimum absolute atomic E-state index is 0.606. The second kappa shape index (κ2) is 4.27. The van der Waals surface area contributed by atoms with Crippen LogP contribution in [0.3, 0.4) is 0 Å². The normalized spacial score (nSPS) is 11.2. The highest BCUT2D eigenvalue weighted by Gasteiger charge is 2.07. The van der Waals surface area contributed by atoms with Crippen LogP contribution in [0.25, 0.3) is 22.6 Å². The van der Waals surface area contributed by atoms with Gasteiger partial charge in [0.2, 0.25) is 0 Å². The lowest BCUT2D eigenvalue weighted by molar-refractivity contribution is 0.708. The average molecular weight is 241 g/mol. The summed E-state index contributed by atoms with van der Waals surface area (Å²) >= 11 is 0. The van der Waals surface area contributed by atoms with Crippen molar-refractivity contribution in [1.82, 2.24) is 19.5 Å². The van der Waals surface area contributed by atoms with Crippen LogP contribution in [0.5, 0.6) is 0 Å². The van der Waals surface area contributed by atoms with Crippen LogP contribution in [0.2, 0.25) is 0 Å². The second-order valence-electron chi connectivity index (χ2n) is 4.39. The summed E-state index contributed by atoms with van der Waals surface area (Å²) in [5, 5.41) is 0. The largest absolute Gasteiger partial charge is 0.337 e. The maximum absolute atomic E-state index is 5.51. The number of H-pyrrole nitrogens is 1. The van der Waals surface area contributed by atoms with Crippen molar-refractivity contribution in [3.8, 4) is 11.5 Å². The van der Waals surface area contributed by atoms with Crippen LogP contribution in [0, 0.1) is 6.92 Å². The smallest absolute Gasteiger partial charge is 0.158 e. The molecule has 5 nitrogen and oxygen atoms in total. The van der Waals surface area contributed by atoms with E-state index in [-0.39, 0.29) is 0 Å². The second-order valence-corrected chi connectivity index (χ2v) is 4.39. The topological polar surface area (TPSA) is 72.5 Å². The predicted octanol–water partition coefficient (Wildman–Crippen LogP) is 1.69. The molecule has 0 aliphatic carbocycles. The standard InChI is InChI=1S/C13H15N5/c1-9-2-3-10-11(6-9)17-13(16-10)12-7-18(5-4-14)8-15-12/h2-3,6-8H,4-5,14H2,1H3,(H,16,17). The number of aromatic amines is 1. The van der Waals surface area contributed by atoms with Crippen LogP contribution in [0.15, 0.2) is 30.7 Å². The summed E-state index contributed by atoms with van der Waals surface area (Å²) in [5.74, 6) is 0.798. The molecule has 0 atom stereocenters. The van der Waals surface area contributed by atoms with Crippen molar-refractivity contribution in [2.75, 3.05) is 6.54 Å². The summed E-state index contributed by atoms with van der Waals surface area (Å²) < 4.78 is 1.97. The number of fused-ring (bicyclic) bond motifs is 1. The zero-order valence-electron chi connectivity index (χ0n) is 10.2. The molecular formula is C13H15N5. The zero-order chi connectivity index (χ0) is 12.5. The number of aryl methyl sites for hydroxylation is 1. The van der Waals surface area contributed by atoms with Gasteiger partial charge < -0.3 is 15.3 Å². The number of hydrogen-bond donors (Lipinski definition) is 2. The van der Waals surface area contributed by atoms with Gasteiger partial charge >= 0.3 is 0 Å². The Kier molecular flexibility index (Phi) is 2.60. The highest BCUT2D eigenvalue weighted by atomic mass is 15.1. The number of benzene rings is 1. The third-order valence-electron chi connectivity index (χ3n) is 2.90. The number of aromatic nitrogens is 4. The van der Waals surface area contributed by atoms with Crippen molar-refractivity contribution in [3.05, 3.63) is 36.3 Å².